The first-order chi connectivity index (χ1) is 11.1. The van der Waals surface area contributed by atoms with Crippen LogP contribution in [0.15, 0.2) is 17.0 Å². The molecule has 124 valence electrons. The number of nitrogens with zero attached hydrogens (tertiary/aromatic N) is 4. The first-order valence-electron chi connectivity index (χ1n) is 7.70. The van der Waals surface area contributed by atoms with Crippen molar-refractivity contribution in [1.29, 1.82) is 0 Å². The quantitative estimate of drug-likeness (QED) is 0.884. The van der Waals surface area contributed by atoms with Crippen LogP contribution in [0, 0.1) is 5.92 Å². The standard InChI is InChI=1S/C15H20BrN5O2/c1-10(2)8-23-15(22)21-5-3-20(4-6-21)14-12-11(16)7-17-13(12)18-9-19-14/h7,9-10H,3-6,8H2,1-2H3,(H,17,18,19). The molecule has 0 spiro atoms. The van der Waals surface area contributed by atoms with E-state index in [2.05, 4.69) is 35.8 Å². The highest BCUT2D eigenvalue weighted by Gasteiger charge is 2.25. The number of piperazine rings is 1. The average molecular weight is 382 g/mol. The largest absolute Gasteiger partial charge is 0.449 e. The topological polar surface area (TPSA) is 74.3 Å². The zero-order valence-electron chi connectivity index (χ0n) is 13.3. The summed E-state index contributed by atoms with van der Waals surface area (Å²) in [6.07, 6.45) is 3.20. The van der Waals surface area contributed by atoms with Crippen molar-refractivity contribution in [3.05, 3.63) is 17.0 Å². The Bertz CT molecular complexity index is 694. The van der Waals surface area contributed by atoms with E-state index in [0.29, 0.717) is 25.6 Å². The number of aromatic amines is 1. The van der Waals surface area contributed by atoms with Crippen LogP contribution in [0.2, 0.25) is 0 Å². The Labute approximate surface area is 143 Å². The number of halogens is 1. The molecule has 0 radical (unpaired) electrons. The summed E-state index contributed by atoms with van der Waals surface area (Å²) in [4.78, 5) is 27.7. The molecule has 0 aliphatic carbocycles. The maximum absolute atomic E-state index is 12.0. The van der Waals surface area contributed by atoms with Gasteiger partial charge in [0.15, 0.2) is 0 Å². The van der Waals surface area contributed by atoms with Crippen molar-refractivity contribution in [2.24, 2.45) is 5.92 Å². The molecule has 0 atom stereocenters. The van der Waals surface area contributed by atoms with Crippen molar-refractivity contribution < 1.29 is 9.53 Å². The lowest BCUT2D eigenvalue weighted by molar-refractivity contribution is 0.0901. The van der Waals surface area contributed by atoms with Crippen LogP contribution in [0.25, 0.3) is 11.0 Å². The molecule has 3 rings (SSSR count). The number of H-pyrrole nitrogens is 1. The summed E-state index contributed by atoms with van der Waals surface area (Å²) in [6.45, 7) is 7.22. The summed E-state index contributed by atoms with van der Waals surface area (Å²) in [5, 5.41) is 0.975. The second-order valence-corrected chi connectivity index (χ2v) is 6.86. The molecule has 1 amide bonds. The number of aromatic nitrogens is 3. The van der Waals surface area contributed by atoms with Crippen molar-refractivity contribution >= 4 is 38.9 Å². The van der Waals surface area contributed by atoms with E-state index in [1.807, 2.05) is 20.0 Å². The molecule has 1 N–H and O–H groups in total. The Balaban J connectivity index is 1.67. The van der Waals surface area contributed by atoms with Gasteiger partial charge < -0.3 is 19.5 Å². The van der Waals surface area contributed by atoms with Crippen molar-refractivity contribution in [2.75, 3.05) is 37.7 Å². The summed E-state index contributed by atoms with van der Waals surface area (Å²) in [5.41, 5.74) is 0.806. The average Bonchev–Trinajstić information content (AvgIpc) is 2.94. The monoisotopic (exact) mass is 381 g/mol. The summed E-state index contributed by atoms with van der Waals surface area (Å²) < 4.78 is 6.24. The minimum Gasteiger partial charge on any atom is -0.449 e. The predicted octanol–water partition coefficient (Wildman–Crippen LogP) is 2.64. The van der Waals surface area contributed by atoms with Crippen LogP contribution in [0.3, 0.4) is 0 Å². The van der Waals surface area contributed by atoms with E-state index in [1.54, 1.807) is 11.2 Å². The number of carbonyl (C=O) groups excluding carboxylic acids is 1. The number of fused-ring (bicyclic) bond motifs is 1. The van der Waals surface area contributed by atoms with Gasteiger partial charge >= 0.3 is 6.09 Å². The van der Waals surface area contributed by atoms with Gasteiger partial charge in [0.2, 0.25) is 0 Å². The second-order valence-electron chi connectivity index (χ2n) is 6.00. The second kappa shape index (κ2) is 6.74. The van der Waals surface area contributed by atoms with Gasteiger partial charge in [-0.25, -0.2) is 14.8 Å². The van der Waals surface area contributed by atoms with Crippen LogP contribution in [-0.4, -0.2) is 58.7 Å². The molecular weight excluding hydrogens is 362 g/mol. The van der Waals surface area contributed by atoms with E-state index in [0.717, 1.165) is 34.4 Å². The fraction of sp³-hybridized carbons (Fsp3) is 0.533. The van der Waals surface area contributed by atoms with E-state index < -0.39 is 0 Å². The van der Waals surface area contributed by atoms with Gasteiger partial charge in [-0.15, -0.1) is 0 Å². The Morgan fingerprint density at radius 3 is 2.78 bits per heavy atom. The predicted molar refractivity (Wildman–Crippen MR) is 91.6 cm³/mol. The van der Waals surface area contributed by atoms with Gasteiger partial charge in [0.25, 0.3) is 0 Å². The molecule has 1 aliphatic rings. The minimum absolute atomic E-state index is 0.228. The number of rotatable bonds is 3. The van der Waals surface area contributed by atoms with E-state index in [1.165, 1.54) is 0 Å². The Hall–Kier alpha value is -1.83. The third-order valence-electron chi connectivity index (χ3n) is 3.78. The lowest BCUT2D eigenvalue weighted by Gasteiger charge is -2.35. The normalized spacial score (nSPS) is 15.5. The van der Waals surface area contributed by atoms with Crippen molar-refractivity contribution in [2.45, 2.75) is 13.8 Å². The lowest BCUT2D eigenvalue weighted by Crippen LogP contribution is -2.49. The third-order valence-corrected chi connectivity index (χ3v) is 4.40. The van der Waals surface area contributed by atoms with E-state index in [-0.39, 0.29) is 6.09 Å². The molecule has 1 aliphatic heterocycles. The number of anilines is 1. The summed E-state index contributed by atoms with van der Waals surface area (Å²) >= 11 is 3.53. The highest BCUT2D eigenvalue weighted by molar-refractivity contribution is 9.10. The summed E-state index contributed by atoms with van der Waals surface area (Å²) in [5.74, 6) is 1.24. The first-order valence-corrected chi connectivity index (χ1v) is 8.49. The Morgan fingerprint density at radius 2 is 2.09 bits per heavy atom. The number of amides is 1. The van der Waals surface area contributed by atoms with Gasteiger partial charge in [-0.1, -0.05) is 13.8 Å². The molecule has 2 aromatic rings. The van der Waals surface area contributed by atoms with Crippen molar-refractivity contribution in [3.8, 4) is 0 Å². The molecule has 7 nitrogen and oxygen atoms in total. The maximum atomic E-state index is 12.0. The number of nitrogens with one attached hydrogen (secondary N) is 1. The smallest absolute Gasteiger partial charge is 0.409 e. The van der Waals surface area contributed by atoms with Gasteiger partial charge in [0, 0.05) is 36.8 Å². The summed E-state index contributed by atoms with van der Waals surface area (Å²) in [7, 11) is 0. The van der Waals surface area contributed by atoms with Gasteiger partial charge in [0.1, 0.15) is 17.8 Å². The molecule has 0 saturated carbocycles. The molecule has 3 heterocycles. The molecule has 0 bridgehead atoms. The van der Waals surface area contributed by atoms with Crippen LogP contribution < -0.4 is 4.90 Å². The molecular formula is C15H20BrN5O2. The van der Waals surface area contributed by atoms with Gasteiger partial charge in [-0.05, 0) is 21.8 Å². The molecule has 23 heavy (non-hydrogen) atoms. The number of ether oxygens (including phenoxy) is 1. The van der Waals surface area contributed by atoms with Crippen molar-refractivity contribution in [3.63, 3.8) is 0 Å². The molecule has 0 unspecified atom stereocenters. The highest BCUT2D eigenvalue weighted by atomic mass is 79.9. The molecule has 8 heteroatoms. The number of hydrogen-bond donors (Lipinski definition) is 1. The van der Waals surface area contributed by atoms with E-state index >= 15 is 0 Å². The first kappa shape index (κ1) is 16.0. The molecule has 1 fully saturated rings. The maximum Gasteiger partial charge on any atom is 0.409 e. The Morgan fingerprint density at radius 1 is 1.35 bits per heavy atom. The van der Waals surface area contributed by atoms with E-state index in [4.69, 9.17) is 4.74 Å². The van der Waals surface area contributed by atoms with Gasteiger partial charge in [-0.2, -0.15) is 0 Å². The number of carbonyl (C=O) groups is 1. The lowest BCUT2D eigenvalue weighted by atomic mass is 10.2. The SMILES string of the molecule is CC(C)COC(=O)N1CCN(c2ncnc3[nH]cc(Br)c23)CC1. The van der Waals surface area contributed by atoms with Crippen LogP contribution >= 0.6 is 15.9 Å². The Kier molecular flexibility index (Phi) is 4.70. The molecule has 1 saturated heterocycles. The highest BCUT2D eigenvalue weighted by Crippen LogP contribution is 2.30. The van der Waals surface area contributed by atoms with Crippen LogP contribution in [0.4, 0.5) is 10.6 Å². The minimum atomic E-state index is -0.228. The summed E-state index contributed by atoms with van der Waals surface area (Å²) in [6, 6.07) is 0. The molecule has 2 aromatic heterocycles. The van der Waals surface area contributed by atoms with E-state index in [9.17, 15) is 4.79 Å². The van der Waals surface area contributed by atoms with Crippen molar-refractivity contribution in [1.82, 2.24) is 19.9 Å². The van der Waals surface area contributed by atoms with Crippen LogP contribution in [0.5, 0.6) is 0 Å². The van der Waals surface area contributed by atoms with Gasteiger partial charge in [0.05, 0.1) is 12.0 Å². The zero-order valence-corrected chi connectivity index (χ0v) is 14.8. The third kappa shape index (κ3) is 3.41. The fourth-order valence-electron chi connectivity index (χ4n) is 2.58. The van der Waals surface area contributed by atoms with Crippen LogP contribution in [0.1, 0.15) is 13.8 Å². The fourth-order valence-corrected chi connectivity index (χ4v) is 3.06. The van der Waals surface area contributed by atoms with Crippen LogP contribution in [-0.2, 0) is 4.74 Å². The van der Waals surface area contributed by atoms with Gasteiger partial charge in [-0.3, -0.25) is 0 Å². The number of hydrogen-bond acceptors (Lipinski definition) is 5. The molecule has 0 aromatic carbocycles. The zero-order chi connectivity index (χ0) is 16.4.